The van der Waals surface area contributed by atoms with Crippen LogP contribution in [0.5, 0.6) is 0 Å². The Morgan fingerprint density at radius 3 is 2.77 bits per heavy atom. The molecule has 1 aliphatic heterocycles. The molecule has 0 spiro atoms. The molecule has 1 aromatic heterocycles. The summed E-state index contributed by atoms with van der Waals surface area (Å²) >= 11 is 2.06. The number of hydrogen-bond acceptors (Lipinski definition) is 3. The first-order valence-corrected chi connectivity index (χ1v) is 5.86. The van der Waals surface area contributed by atoms with Crippen molar-refractivity contribution in [2.75, 3.05) is 31.1 Å². The topological polar surface area (TPSA) is 21.1 Å². The maximum atomic E-state index is 4.03. The minimum Gasteiger partial charge on any atom is -0.336 e. The van der Waals surface area contributed by atoms with E-state index in [0.29, 0.717) is 0 Å². The predicted molar refractivity (Wildman–Crippen MR) is 56.0 cm³/mol. The molecule has 0 amide bonds. The normalized spacial score (nSPS) is 19.1. The van der Waals surface area contributed by atoms with Crippen LogP contribution >= 0.6 is 11.8 Å². The molecule has 2 heterocycles. The van der Waals surface area contributed by atoms with Gasteiger partial charge in [-0.1, -0.05) is 0 Å². The SMILES string of the molecule is c1cn(CCN2CCSCC2)cn1. The summed E-state index contributed by atoms with van der Waals surface area (Å²) in [7, 11) is 0. The van der Waals surface area contributed by atoms with Crippen LogP contribution in [0.2, 0.25) is 0 Å². The molecule has 2 rings (SSSR count). The van der Waals surface area contributed by atoms with Crippen LogP contribution in [0.1, 0.15) is 0 Å². The van der Waals surface area contributed by atoms with Crippen molar-refractivity contribution in [3.8, 4) is 0 Å². The molecule has 0 N–H and O–H groups in total. The van der Waals surface area contributed by atoms with Crippen LogP contribution in [0.4, 0.5) is 0 Å². The van der Waals surface area contributed by atoms with E-state index in [2.05, 4.69) is 26.2 Å². The summed E-state index contributed by atoms with van der Waals surface area (Å²) in [5, 5.41) is 0. The van der Waals surface area contributed by atoms with E-state index in [1.165, 1.54) is 24.6 Å². The third kappa shape index (κ3) is 2.74. The fourth-order valence-corrected chi connectivity index (χ4v) is 2.48. The number of nitrogens with zero attached hydrogens (tertiary/aromatic N) is 3. The molecule has 1 fully saturated rings. The van der Waals surface area contributed by atoms with Gasteiger partial charge in [-0.25, -0.2) is 4.98 Å². The standard InChI is InChI=1S/C9H15N3S/c1-2-12(9-10-1)4-3-11-5-7-13-8-6-11/h1-2,9H,3-8H2. The summed E-state index contributed by atoms with van der Waals surface area (Å²) in [5.41, 5.74) is 0. The molecule has 0 saturated carbocycles. The molecule has 1 aliphatic rings. The summed E-state index contributed by atoms with van der Waals surface area (Å²) in [6.07, 6.45) is 5.75. The van der Waals surface area contributed by atoms with E-state index in [4.69, 9.17) is 0 Å². The molecule has 0 bridgehead atoms. The molecule has 4 heteroatoms. The quantitative estimate of drug-likeness (QED) is 0.719. The van der Waals surface area contributed by atoms with Crippen LogP contribution in [-0.4, -0.2) is 45.6 Å². The predicted octanol–water partition coefficient (Wildman–Crippen LogP) is 0.932. The zero-order chi connectivity index (χ0) is 8.93. The second kappa shape index (κ2) is 4.67. The Morgan fingerprint density at radius 2 is 2.08 bits per heavy atom. The van der Waals surface area contributed by atoms with Gasteiger partial charge < -0.3 is 4.57 Å². The fraction of sp³-hybridized carbons (Fsp3) is 0.667. The van der Waals surface area contributed by atoms with Gasteiger partial charge in [0.05, 0.1) is 6.33 Å². The monoisotopic (exact) mass is 197 g/mol. The van der Waals surface area contributed by atoms with Gasteiger partial charge in [-0.15, -0.1) is 0 Å². The van der Waals surface area contributed by atoms with Gasteiger partial charge in [-0.05, 0) is 0 Å². The van der Waals surface area contributed by atoms with Gasteiger partial charge in [0.1, 0.15) is 0 Å². The van der Waals surface area contributed by atoms with Gasteiger partial charge in [0.2, 0.25) is 0 Å². The van der Waals surface area contributed by atoms with Crippen molar-refractivity contribution < 1.29 is 0 Å². The van der Waals surface area contributed by atoms with Crippen LogP contribution < -0.4 is 0 Å². The smallest absolute Gasteiger partial charge is 0.0946 e. The third-order valence-electron chi connectivity index (χ3n) is 2.34. The van der Waals surface area contributed by atoms with Crippen LogP contribution in [-0.2, 0) is 6.54 Å². The minimum absolute atomic E-state index is 1.07. The van der Waals surface area contributed by atoms with E-state index in [9.17, 15) is 0 Å². The highest BCUT2D eigenvalue weighted by Crippen LogP contribution is 2.08. The molecule has 0 unspecified atom stereocenters. The Labute approximate surface area is 83.1 Å². The van der Waals surface area contributed by atoms with Crippen molar-refractivity contribution >= 4 is 11.8 Å². The van der Waals surface area contributed by atoms with Crippen LogP contribution in [0.15, 0.2) is 18.7 Å². The Hall–Kier alpha value is -0.480. The summed E-state index contributed by atoms with van der Waals surface area (Å²) in [6.45, 7) is 4.74. The van der Waals surface area contributed by atoms with Crippen LogP contribution in [0, 0.1) is 0 Å². The van der Waals surface area contributed by atoms with Gasteiger partial charge in [0.25, 0.3) is 0 Å². The van der Waals surface area contributed by atoms with Crippen molar-refractivity contribution in [2.45, 2.75) is 6.54 Å². The van der Waals surface area contributed by atoms with Crippen molar-refractivity contribution in [1.82, 2.24) is 14.5 Å². The van der Waals surface area contributed by atoms with E-state index in [-0.39, 0.29) is 0 Å². The summed E-state index contributed by atoms with van der Waals surface area (Å²) < 4.78 is 2.14. The van der Waals surface area contributed by atoms with Gasteiger partial charge in [0.15, 0.2) is 0 Å². The molecule has 72 valence electrons. The lowest BCUT2D eigenvalue weighted by atomic mass is 10.4. The zero-order valence-corrected chi connectivity index (χ0v) is 8.54. The van der Waals surface area contributed by atoms with Gasteiger partial charge in [-0.2, -0.15) is 11.8 Å². The summed E-state index contributed by atoms with van der Waals surface area (Å²) in [5.74, 6) is 2.59. The molecule has 0 aliphatic carbocycles. The molecule has 0 radical (unpaired) electrons. The minimum atomic E-state index is 1.07. The van der Waals surface area contributed by atoms with Gasteiger partial charge in [-0.3, -0.25) is 4.90 Å². The molecule has 13 heavy (non-hydrogen) atoms. The van der Waals surface area contributed by atoms with Crippen LogP contribution in [0.25, 0.3) is 0 Å². The van der Waals surface area contributed by atoms with Crippen molar-refractivity contribution in [3.05, 3.63) is 18.7 Å². The number of rotatable bonds is 3. The Kier molecular flexibility index (Phi) is 3.27. The largest absolute Gasteiger partial charge is 0.336 e. The lowest BCUT2D eigenvalue weighted by Crippen LogP contribution is -2.34. The molecular formula is C9H15N3S. The van der Waals surface area contributed by atoms with Gasteiger partial charge in [0, 0.05) is 50.1 Å². The Morgan fingerprint density at radius 1 is 1.23 bits per heavy atom. The third-order valence-corrected chi connectivity index (χ3v) is 3.28. The first-order valence-electron chi connectivity index (χ1n) is 4.71. The maximum absolute atomic E-state index is 4.03. The number of imidazole rings is 1. The fourth-order valence-electron chi connectivity index (χ4n) is 1.50. The van der Waals surface area contributed by atoms with Crippen LogP contribution in [0.3, 0.4) is 0 Å². The van der Waals surface area contributed by atoms with E-state index >= 15 is 0 Å². The first-order chi connectivity index (χ1) is 6.45. The van der Waals surface area contributed by atoms with E-state index < -0.39 is 0 Å². The molecule has 1 saturated heterocycles. The molecule has 3 nitrogen and oxygen atoms in total. The number of hydrogen-bond donors (Lipinski definition) is 0. The average Bonchev–Trinajstić information content (AvgIpc) is 2.69. The highest BCUT2D eigenvalue weighted by atomic mass is 32.2. The Bertz CT molecular complexity index is 229. The maximum Gasteiger partial charge on any atom is 0.0946 e. The second-order valence-electron chi connectivity index (χ2n) is 3.25. The highest BCUT2D eigenvalue weighted by molar-refractivity contribution is 7.99. The molecule has 1 aromatic rings. The number of thioether (sulfide) groups is 1. The van der Waals surface area contributed by atoms with E-state index in [1.54, 1.807) is 0 Å². The Balaban J connectivity index is 1.72. The summed E-state index contributed by atoms with van der Waals surface area (Å²) in [4.78, 5) is 6.55. The lowest BCUT2D eigenvalue weighted by molar-refractivity contribution is 0.289. The van der Waals surface area contributed by atoms with E-state index in [1.807, 2.05) is 18.7 Å². The highest BCUT2D eigenvalue weighted by Gasteiger charge is 2.09. The van der Waals surface area contributed by atoms with Crippen molar-refractivity contribution in [3.63, 3.8) is 0 Å². The van der Waals surface area contributed by atoms with Crippen molar-refractivity contribution in [1.29, 1.82) is 0 Å². The average molecular weight is 197 g/mol. The van der Waals surface area contributed by atoms with Gasteiger partial charge >= 0.3 is 0 Å². The molecule has 0 atom stereocenters. The first kappa shape index (κ1) is 9.09. The lowest BCUT2D eigenvalue weighted by Gasteiger charge is -2.25. The van der Waals surface area contributed by atoms with E-state index in [0.717, 1.165) is 13.1 Å². The molecule has 0 aromatic carbocycles. The molecular weight excluding hydrogens is 182 g/mol. The number of aromatic nitrogens is 2. The summed E-state index contributed by atoms with van der Waals surface area (Å²) in [6, 6.07) is 0. The van der Waals surface area contributed by atoms with Crippen molar-refractivity contribution in [2.24, 2.45) is 0 Å². The zero-order valence-electron chi connectivity index (χ0n) is 7.72. The second-order valence-corrected chi connectivity index (χ2v) is 4.48.